The van der Waals surface area contributed by atoms with Crippen LogP contribution in [0.25, 0.3) is 0 Å². The standard InChI is InChI=1S/C7H5BrN2O4/c1-14-7(11)6-5(10(12)13)2-4(8)3-9-6/h2-3H,1H3. The molecule has 74 valence electrons. The average molecular weight is 261 g/mol. The molecule has 0 aliphatic carbocycles. The van der Waals surface area contributed by atoms with Crippen LogP contribution in [0.2, 0.25) is 0 Å². The lowest BCUT2D eigenvalue weighted by molar-refractivity contribution is -0.385. The van der Waals surface area contributed by atoms with Gasteiger partial charge in [-0.05, 0) is 15.9 Å². The second-order valence-electron chi connectivity index (χ2n) is 2.27. The van der Waals surface area contributed by atoms with Gasteiger partial charge in [-0.15, -0.1) is 0 Å². The van der Waals surface area contributed by atoms with Gasteiger partial charge in [-0.1, -0.05) is 0 Å². The molecule has 0 aromatic carbocycles. The van der Waals surface area contributed by atoms with E-state index < -0.39 is 10.9 Å². The van der Waals surface area contributed by atoms with Gasteiger partial charge in [0.15, 0.2) is 0 Å². The van der Waals surface area contributed by atoms with E-state index in [2.05, 4.69) is 25.7 Å². The molecule has 0 atom stereocenters. The molecule has 0 aliphatic heterocycles. The Labute approximate surface area is 87.2 Å². The van der Waals surface area contributed by atoms with Gasteiger partial charge in [0.2, 0.25) is 5.69 Å². The summed E-state index contributed by atoms with van der Waals surface area (Å²) in [5.74, 6) is -0.829. The molecule has 1 aromatic heterocycles. The molecule has 1 heterocycles. The minimum absolute atomic E-state index is 0.305. The fourth-order valence-corrected chi connectivity index (χ4v) is 1.14. The number of rotatable bonds is 2. The Bertz CT molecular complexity index is 393. The molecule has 0 aliphatic rings. The van der Waals surface area contributed by atoms with E-state index in [1.54, 1.807) is 0 Å². The number of hydrogen-bond acceptors (Lipinski definition) is 5. The van der Waals surface area contributed by atoms with Crippen molar-refractivity contribution in [2.75, 3.05) is 7.11 Å². The zero-order chi connectivity index (χ0) is 10.7. The second-order valence-corrected chi connectivity index (χ2v) is 3.19. The van der Waals surface area contributed by atoms with Crippen LogP contribution in [-0.2, 0) is 4.74 Å². The molecule has 0 radical (unpaired) electrons. The fourth-order valence-electron chi connectivity index (χ4n) is 0.822. The lowest BCUT2D eigenvalue weighted by atomic mass is 10.3. The van der Waals surface area contributed by atoms with Gasteiger partial charge in [0.25, 0.3) is 0 Å². The minimum Gasteiger partial charge on any atom is -0.464 e. The maximum Gasteiger partial charge on any atom is 0.363 e. The predicted octanol–water partition coefficient (Wildman–Crippen LogP) is 1.54. The highest BCUT2D eigenvalue weighted by Gasteiger charge is 2.22. The highest BCUT2D eigenvalue weighted by atomic mass is 79.9. The molecule has 0 bridgehead atoms. The number of aromatic nitrogens is 1. The van der Waals surface area contributed by atoms with Gasteiger partial charge in [0, 0.05) is 16.7 Å². The third-order valence-electron chi connectivity index (χ3n) is 1.41. The molecule has 0 unspecified atom stereocenters. The highest BCUT2D eigenvalue weighted by molar-refractivity contribution is 9.10. The first-order valence-corrected chi connectivity index (χ1v) is 4.24. The lowest BCUT2D eigenvalue weighted by Gasteiger charge is -1.99. The maximum atomic E-state index is 11.0. The van der Waals surface area contributed by atoms with Crippen LogP contribution in [0.5, 0.6) is 0 Å². The van der Waals surface area contributed by atoms with Gasteiger partial charge >= 0.3 is 11.7 Å². The van der Waals surface area contributed by atoms with Crippen molar-refractivity contribution >= 4 is 27.6 Å². The molecule has 1 rings (SSSR count). The van der Waals surface area contributed by atoms with Crippen LogP contribution in [0.15, 0.2) is 16.7 Å². The van der Waals surface area contributed by atoms with E-state index in [0.717, 1.165) is 7.11 Å². The minimum atomic E-state index is -0.829. The topological polar surface area (TPSA) is 82.3 Å². The number of carbonyl (C=O) groups is 1. The summed E-state index contributed by atoms with van der Waals surface area (Å²) in [4.78, 5) is 24.5. The van der Waals surface area contributed by atoms with Crippen molar-refractivity contribution in [3.05, 3.63) is 32.5 Å². The molecule has 0 N–H and O–H groups in total. The van der Waals surface area contributed by atoms with Gasteiger partial charge in [0.05, 0.1) is 12.0 Å². The Balaban J connectivity index is 3.28. The van der Waals surface area contributed by atoms with Crippen LogP contribution in [0.4, 0.5) is 5.69 Å². The molecule has 0 fully saturated rings. The van der Waals surface area contributed by atoms with Crippen LogP contribution in [0, 0.1) is 10.1 Å². The third kappa shape index (κ3) is 2.05. The Morgan fingerprint density at radius 2 is 2.36 bits per heavy atom. The third-order valence-corrected chi connectivity index (χ3v) is 1.84. The van der Waals surface area contributed by atoms with E-state index in [9.17, 15) is 14.9 Å². The number of halogens is 1. The first kappa shape index (κ1) is 10.6. The number of pyridine rings is 1. The van der Waals surface area contributed by atoms with Gasteiger partial charge in [-0.25, -0.2) is 9.78 Å². The van der Waals surface area contributed by atoms with E-state index in [1.165, 1.54) is 12.3 Å². The molecule has 6 nitrogen and oxygen atoms in total. The lowest BCUT2D eigenvalue weighted by Crippen LogP contribution is -2.08. The smallest absolute Gasteiger partial charge is 0.363 e. The van der Waals surface area contributed by atoms with Crippen molar-refractivity contribution in [2.45, 2.75) is 0 Å². The summed E-state index contributed by atoms with van der Waals surface area (Å²) < 4.78 is 4.77. The van der Waals surface area contributed by atoms with Crippen molar-refractivity contribution in [3.63, 3.8) is 0 Å². The Morgan fingerprint density at radius 1 is 1.71 bits per heavy atom. The molecular weight excluding hydrogens is 256 g/mol. The Morgan fingerprint density at radius 3 is 2.86 bits per heavy atom. The number of nitrogens with zero attached hydrogens (tertiary/aromatic N) is 2. The number of hydrogen-bond donors (Lipinski definition) is 0. The summed E-state index contributed by atoms with van der Waals surface area (Å²) in [6, 6.07) is 1.19. The molecule has 0 amide bonds. The molecule has 0 saturated carbocycles. The van der Waals surface area contributed by atoms with E-state index >= 15 is 0 Å². The summed E-state index contributed by atoms with van der Waals surface area (Å²) in [7, 11) is 1.13. The Kier molecular flexibility index (Phi) is 3.13. The summed E-state index contributed by atoms with van der Waals surface area (Å²) in [5.41, 5.74) is -0.688. The van der Waals surface area contributed by atoms with Crippen LogP contribution in [0.3, 0.4) is 0 Å². The van der Waals surface area contributed by atoms with Crippen LogP contribution in [-0.4, -0.2) is 23.0 Å². The first-order valence-electron chi connectivity index (χ1n) is 3.44. The summed E-state index contributed by atoms with van der Waals surface area (Å²) >= 11 is 3.02. The number of ether oxygens (including phenoxy) is 1. The molecule has 0 saturated heterocycles. The van der Waals surface area contributed by atoms with Crippen molar-refractivity contribution in [3.8, 4) is 0 Å². The van der Waals surface area contributed by atoms with E-state index in [1.807, 2.05) is 0 Å². The van der Waals surface area contributed by atoms with Gasteiger partial charge < -0.3 is 4.74 Å². The summed E-state index contributed by atoms with van der Waals surface area (Å²) in [6.45, 7) is 0. The van der Waals surface area contributed by atoms with Gasteiger partial charge in [-0.3, -0.25) is 10.1 Å². The average Bonchev–Trinajstić information content (AvgIpc) is 2.16. The zero-order valence-corrected chi connectivity index (χ0v) is 8.65. The number of carbonyl (C=O) groups excluding carboxylic acids is 1. The predicted molar refractivity (Wildman–Crippen MR) is 49.9 cm³/mol. The van der Waals surface area contributed by atoms with Crippen LogP contribution < -0.4 is 0 Å². The van der Waals surface area contributed by atoms with Crippen molar-refractivity contribution in [2.24, 2.45) is 0 Å². The number of nitro groups is 1. The molecule has 0 spiro atoms. The van der Waals surface area contributed by atoms with Crippen molar-refractivity contribution < 1.29 is 14.5 Å². The first-order chi connectivity index (χ1) is 6.56. The monoisotopic (exact) mass is 260 g/mol. The van der Waals surface area contributed by atoms with Crippen LogP contribution in [0.1, 0.15) is 10.5 Å². The maximum absolute atomic E-state index is 11.0. The molecular formula is C7H5BrN2O4. The summed E-state index contributed by atoms with van der Waals surface area (Å²) in [5, 5.41) is 10.5. The van der Waals surface area contributed by atoms with Crippen molar-refractivity contribution in [1.29, 1.82) is 0 Å². The van der Waals surface area contributed by atoms with E-state index in [4.69, 9.17) is 0 Å². The molecule has 7 heteroatoms. The number of methoxy groups -OCH3 is 1. The largest absolute Gasteiger partial charge is 0.464 e. The SMILES string of the molecule is COC(=O)c1ncc(Br)cc1[N+](=O)[O-]. The van der Waals surface area contributed by atoms with Crippen molar-refractivity contribution in [1.82, 2.24) is 4.98 Å². The van der Waals surface area contributed by atoms with Crippen LogP contribution >= 0.6 is 15.9 Å². The second kappa shape index (κ2) is 4.14. The van der Waals surface area contributed by atoms with Gasteiger partial charge in [-0.2, -0.15) is 0 Å². The van der Waals surface area contributed by atoms with E-state index in [0.29, 0.717) is 4.47 Å². The highest BCUT2D eigenvalue weighted by Crippen LogP contribution is 2.21. The quantitative estimate of drug-likeness (QED) is 0.458. The molecule has 1 aromatic rings. The summed E-state index contributed by atoms with van der Waals surface area (Å²) in [6.07, 6.45) is 1.29. The molecule has 14 heavy (non-hydrogen) atoms. The fraction of sp³-hybridized carbons (Fsp3) is 0.143. The normalized spacial score (nSPS) is 9.57. The Hall–Kier alpha value is -1.50. The van der Waals surface area contributed by atoms with Gasteiger partial charge in [0.1, 0.15) is 0 Å². The number of esters is 1. The van der Waals surface area contributed by atoms with E-state index in [-0.39, 0.29) is 11.4 Å². The zero-order valence-electron chi connectivity index (χ0n) is 7.06.